The number of fused-ring (bicyclic) bond motifs is 2. The number of primary amides is 1. The van der Waals surface area contributed by atoms with Crippen molar-refractivity contribution in [3.63, 3.8) is 0 Å². The Morgan fingerprint density at radius 1 is 0.900 bits per heavy atom. The van der Waals surface area contributed by atoms with E-state index in [0.29, 0.717) is 62.0 Å². The van der Waals surface area contributed by atoms with Crippen LogP contribution in [0, 0.1) is 0 Å². The SMILES string of the molecule is NC(=O)c1ncc(N2CCc3cc(Cl)ccc3C2=O)cc1C1Cc2cc(Cl)ccc2C(=O)N1c1cncc(Br)c1. The molecule has 2 aromatic carbocycles. The van der Waals surface area contributed by atoms with Crippen LogP contribution in [0.3, 0.4) is 0 Å². The molecule has 3 amide bonds. The Labute approximate surface area is 247 Å². The van der Waals surface area contributed by atoms with E-state index in [1.54, 1.807) is 70.7 Å². The van der Waals surface area contributed by atoms with Crippen molar-refractivity contribution in [1.82, 2.24) is 9.97 Å². The highest BCUT2D eigenvalue weighted by Gasteiger charge is 2.38. The second-order valence-electron chi connectivity index (χ2n) is 9.56. The van der Waals surface area contributed by atoms with E-state index in [1.807, 2.05) is 0 Å². The Bertz CT molecular complexity index is 1730. The molecule has 0 radical (unpaired) electrons. The Morgan fingerprint density at radius 2 is 1.60 bits per heavy atom. The summed E-state index contributed by atoms with van der Waals surface area (Å²) in [7, 11) is 0. The third-order valence-corrected chi connectivity index (χ3v) is 8.07. The van der Waals surface area contributed by atoms with Gasteiger partial charge in [0.1, 0.15) is 5.69 Å². The van der Waals surface area contributed by atoms with Crippen molar-refractivity contribution in [2.45, 2.75) is 18.9 Å². The van der Waals surface area contributed by atoms with E-state index in [9.17, 15) is 14.4 Å². The van der Waals surface area contributed by atoms with Gasteiger partial charge in [0.25, 0.3) is 17.7 Å². The zero-order valence-corrected chi connectivity index (χ0v) is 23.9. The highest BCUT2D eigenvalue weighted by atomic mass is 79.9. The summed E-state index contributed by atoms with van der Waals surface area (Å²) in [6.45, 7) is 0.393. The Hall–Kier alpha value is -3.79. The smallest absolute Gasteiger partial charge is 0.267 e. The highest BCUT2D eigenvalue weighted by molar-refractivity contribution is 9.10. The van der Waals surface area contributed by atoms with Gasteiger partial charge in [-0.25, -0.2) is 4.98 Å². The molecule has 0 aliphatic carbocycles. The number of rotatable bonds is 4. The van der Waals surface area contributed by atoms with Crippen molar-refractivity contribution in [2.24, 2.45) is 5.73 Å². The number of pyridine rings is 2. The minimum Gasteiger partial charge on any atom is -0.364 e. The minimum absolute atomic E-state index is 0.0108. The van der Waals surface area contributed by atoms with E-state index in [-0.39, 0.29) is 17.5 Å². The number of aromatic nitrogens is 2. The number of carbonyl (C=O) groups excluding carboxylic acids is 3. The van der Waals surface area contributed by atoms with Gasteiger partial charge >= 0.3 is 0 Å². The number of nitrogens with zero attached hydrogens (tertiary/aromatic N) is 4. The van der Waals surface area contributed by atoms with E-state index in [4.69, 9.17) is 28.9 Å². The number of amides is 3. The molecule has 0 bridgehead atoms. The Balaban J connectivity index is 1.50. The number of halogens is 3. The van der Waals surface area contributed by atoms with E-state index < -0.39 is 11.9 Å². The third-order valence-electron chi connectivity index (χ3n) is 7.16. The molecule has 0 spiro atoms. The van der Waals surface area contributed by atoms with Gasteiger partial charge in [-0.1, -0.05) is 23.2 Å². The molecule has 0 saturated heterocycles. The molecule has 4 heterocycles. The summed E-state index contributed by atoms with van der Waals surface area (Å²) in [4.78, 5) is 51.9. The van der Waals surface area contributed by atoms with Crippen LogP contribution in [0.4, 0.5) is 11.4 Å². The topological polar surface area (TPSA) is 109 Å². The molecule has 8 nitrogen and oxygen atoms in total. The highest BCUT2D eigenvalue weighted by Crippen LogP contribution is 2.40. The van der Waals surface area contributed by atoms with Gasteiger partial charge in [0.05, 0.1) is 29.8 Å². The first kappa shape index (κ1) is 26.4. The summed E-state index contributed by atoms with van der Waals surface area (Å²) in [5.74, 6) is -1.24. The molecule has 1 unspecified atom stereocenters. The zero-order chi connectivity index (χ0) is 28.1. The quantitative estimate of drug-likeness (QED) is 0.305. The fourth-order valence-corrected chi connectivity index (χ4v) is 6.11. The van der Waals surface area contributed by atoms with Gasteiger partial charge in [-0.05, 0) is 88.4 Å². The maximum absolute atomic E-state index is 13.9. The lowest BCUT2D eigenvalue weighted by atomic mass is 9.87. The molecule has 2 aliphatic rings. The fourth-order valence-electron chi connectivity index (χ4n) is 5.37. The Kier molecular flexibility index (Phi) is 6.82. The van der Waals surface area contributed by atoms with Gasteiger partial charge in [0, 0.05) is 43.9 Å². The Morgan fingerprint density at radius 3 is 2.30 bits per heavy atom. The van der Waals surface area contributed by atoms with Crippen LogP contribution >= 0.6 is 39.1 Å². The molecule has 4 aromatic rings. The molecule has 40 heavy (non-hydrogen) atoms. The predicted molar refractivity (Wildman–Crippen MR) is 156 cm³/mol. The molecule has 1 atom stereocenters. The monoisotopic (exact) mass is 635 g/mol. The summed E-state index contributed by atoms with van der Waals surface area (Å²) in [6.07, 6.45) is 5.58. The van der Waals surface area contributed by atoms with Crippen LogP contribution in [0.1, 0.15) is 53.9 Å². The number of nitrogens with two attached hydrogens (primary N) is 1. The van der Waals surface area contributed by atoms with Crippen molar-refractivity contribution in [2.75, 3.05) is 16.3 Å². The first-order chi connectivity index (χ1) is 19.2. The number of carbonyl (C=O) groups is 3. The third kappa shape index (κ3) is 4.64. The van der Waals surface area contributed by atoms with E-state index in [0.717, 1.165) is 11.1 Å². The largest absolute Gasteiger partial charge is 0.364 e. The maximum atomic E-state index is 13.9. The maximum Gasteiger partial charge on any atom is 0.267 e. The van der Waals surface area contributed by atoms with E-state index in [2.05, 4.69) is 25.9 Å². The number of benzene rings is 2. The predicted octanol–water partition coefficient (Wildman–Crippen LogP) is 5.79. The summed E-state index contributed by atoms with van der Waals surface area (Å²) in [5.41, 5.74) is 9.85. The normalized spacial score (nSPS) is 16.5. The van der Waals surface area contributed by atoms with Crippen molar-refractivity contribution < 1.29 is 14.4 Å². The number of hydrogen-bond donors (Lipinski definition) is 1. The van der Waals surface area contributed by atoms with Crippen LogP contribution < -0.4 is 15.5 Å². The molecule has 0 saturated carbocycles. The number of anilines is 2. The summed E-state index contributed by atoms with van der Waals surface area (Å²) >= 11 is 15.9. The molecule has 0 fully saturated rings. The lowest BCUT2D eigenvalue weighted by Crippen LogP contribution is -2.42. The average molecular weight is 637 g/mol. The zero-order valence-electron chi connectivity index (χ0n) is 20.8. The van der Waals surface area contributed by atoms with Crippen LogP contribution in [0.2, 0.25) is 10.0 Å². The van der Waals surface area contributed by atoms with Crippen LogP contribution in [0.25, 0.3) is 0 Å². The molecule has 6 rings (SSSR count). The van der Waals surface area contributed by atoms with Gasteiger partial charge in [0.15, 0.2) is 0 Å². The molecule has 2 aromatic heterocycles. The van der Waals surface area contributed by atoms with Crippen molar-refractivity contribution in [1.29, 1.82) is 0 Å². The average Bonchev–Trinajstić information content (AvgIpc) is 2.92. The fraction of sp³-hybridized carbons (Fsp3) is 0.138. The van der Waals surface area contributed by atoms with Crippen LogP contribution in [-0.4, -0.2) is 34.2 Å². The summed E-state index contributed by atoms with van der Waals surface area (Å²) in [6, 6.07) is 13.1. The number of hydrogen-bond acceptors (Lipinski definition) is 5. The van der Waals surface area contributed by atoms with Crippen molar-refractivity contribution >= 4 is 68.2 Å². The minimum atomic E-state index is -0.747. The first-order valence-electron chi connectivity index (χ1n) is 12.3. The van der Waals surface area contributed by atoms with Gasteiger partial charge in [-0.3, -0.25) is 24.3 Å². The molecular formula is C29H20BrCl2N5O3. The molecule has 200 valence electrons. The standard InChI is InChI=1S/C29H20BrCl2N5O3/c30-17-10-21(13-34-12-17)37-25(9-16-8-19(32)2-4-23(16)29(37)40)24-11-20(14-35-26(24)27(33)38)36-6-5-15-7-18(31)1-3-22(15)28(36)39/h1-4,7-8,10-14,25H,5-6,9H2,(H2,33,38). The summed E-state index contributed by atoms with van der Waals surface area (Å²) in [5, 5.41) is 1.06. The van der Waals surface area contributed by atoms with E-state index in [1.165, 1.54) is 6.20 Å². The van der Waals surface area contributed by atoms with Crippen LogP contribution in [0.15, 0.2) is 71.6 Å². The van der Waals surface area contributed by atoms with Crippen molar-refractivity contribution in [3.05, 3.63) is 115 Å². The van der Waals surface area contributed by atoms with E-state index >= 15 is 0 Å². The van der Waals surface area contributed by atoms with Gasteiger partial charge < -0.3 is 10.6 Å². The van der Waals surface area contributed by atoms with Gasteiger partial charge in [0.2, 0.25) is 0 Å². The van der Waals surface area contributed by atoms with Gasteiger partial charge in [-0.2, -0.15) is 0 Å². The first-order valence-corrected chi connectivity index (χ1v) is 13.9. The molecule has 2 aliphatic heterocycles. The summed E-state index contributed by atoms with van der Waals surface area (Å²) < 4.78 is 0.679. The molecule has 11 heteroatoms. The second-order valence-corrected chi connectivity index (χ2v) is 11.4. The second kappa shape index (κ2) is 10.3. The van der Waals surface area contributed by atoms with Crippen molar-refractivity contribution in [3.8, 4) is 0 Å². The lowest BCUT2D eigenvalue weighted by Gasteiger charge is -2.38. The molecule has 2 N–H and O–H groups in total. The lowest BCUT2D eigenvalue weighted by molar-refractivity contribution is 0.0957. The van der Waals surface area contributed by atoms with Crippen LogP contribution in [-0.2, 0) is 12.8 Å². The molecular weight excluding hydrogens is 617 g/mol. The van der Waals surface area contributed by atoms with Gasteiger partial charge in [-0.15, -0.1) is 0 Å². The van der Waals surface area contributed by atoms with Crippen LogP contribution in [0.5, 0.6) is 0 Å².